The van der Waals surface area contributed by atoms with E-state index in [1.54, 1.807) is 32.4 Å². The first-order chi connectivity index (χ1) is 10.7. The number of likely N-dealkylation sites (N-methyl/N-ethyl adjacent to an activating group) is 1. The Morgan fingerprint density at radius 2 is 2.18 bits per heavy atom. The lowest BCUT2D eigenvalue weighted by Gasteiger charge is -2.31. The molecule has 1 heterocycles. The SMILES string of the molecule is CNC1CCCN(CC(=O)Nc2ccc(OC)cc2OC)C1. The molecule has 1 unspecified atom stereocenters. The van der Waals surface area contributed by atoms with Gasteiger partial charge in [0.15, 0.2) is 0 Å². The Morgan fingerprint density at radius 1 is 1.36 bits per heavy atom. The van der Waals surface area contributed by atoms with Gasteiger partial charge >= 0.3 is 0 Å². The van der Waals surface area contributed by atoms with Gasteiger partial charge in [-0.1, -0.05) is 0 Å². The summed E-state index contributed by atoms with van der Waals surface area (Å²) in [4.78, 5) is 14.4. The maximum atomic E-state index is 12.2. The predicted molar refractivity (Wildman–Crippen MR) is 86.7 cm³/mol. The van der Waals surface area contributed by atoms with Gasteiger partial charge in [0, 0.05) is 18.7 Å². The van der Waals surface area contributed by atoms with Crippen molar-refractivity contribution in [1.29, 1.82) is 0 Å². The molecule has 1 aromatic rings. The zero-order valence-electron chi connectivity index (χ0n) is 13.5. The van der Waals surface area contributed by atoms with Crippen LogP contribution in [0.15, 0.2) is 18.2 Å². The number of nitrogens with zero attached hydrogens (tertiary/aromatic N) is 1. The zero-order valence-corrected chi connectivity index (χ0v) is 13.5. The van der Waals surface area contributed by atoms with Crippen molar-refractivity contribution in [2.75, 3.05) is 46.2 Å². The van der Waals surface area contributed by atoms with E-state index in [-0.39, 0.29) is 5.91 Å². The number of amides is 1. The van der Waals surface area contributed by atoms with Gasteiger partial charge in [-0.2, -0.15) is 0 Å². The summed E-state index contributed by atoms with van der Waals surface area (Å²) in [6, 6.07) is 5.82. The third-order valence-corrected chi connectivity index (χ3v) is 3.96. The molecule has 2 N–H and O–H groups in total. The molecule has 122 valence electrons. The van der Waals surface area contributed by atoms with Crippen molar-refractivity contribution in [3.8, 4) is 11.5 Å². The maximum absolute atomic E-state index is 12.2. The minimum Gasteiger partial charge on any atom is -0.497 e. The van der Waals surface area contributed by atoms with Crippen LogP contribution in [0.2, 0.25) is 0 Å². The Hall–Kier alpha value is -1.79. The number of hydrogen-bond donors (Lipinski definition) is 2. The minimum absolute atomic E-state index is 0.0276. The molecule has 0 radical (unpaired) electrons. The summed E-state index contributed by atoms with van der Waals surface area (Å²) in [5.41, 5.74) is 0.662. The molecule has 1 aliphatic rings. The smallest absolute Gasteiger partial charge is 0.238 e. The van der Waals surface area contributed by atoms with Crippen molar-refractivity contribution in [2.24, 2.45) is 0 Å². The molecular formula is C16H25N3O3. The highest BCUT2D eigenvalue weighted by Crippen LogP contribution is 2.28. The van der Waals surface area contributed by atoms with Crippen LogP contribution in [0.5, 0.6) is 11.5 Å². The Morgan fingerprint density at radius 3 is 2.86 bits per heavy atom. The maximum Gasteiger partial charge on any atom is 0.238 e. The monoisotopic (exact) mass is 307 g/mol. The molecule has 6 nitrogen and oxygen atoms in total. The molecule has 0 saturated carbocycles. The van der Waals surface area contributed by atoms with Gasteiger partial charge < -0.3 is 20.1 Å². The summed E-state index contributed by atoms with van der Waals surface area (Å²) in [6.45, 7) is 2.27. The Bertz CT molecular complexity index is 507. The Kier molecular flexibility index (Phi) is 6.03. The minimum atomic E-state index is -0.0276. The van der Waals surface area contributed by atoms with Gasteiger partial charge in [-0.25, -0.2) is 0 Å². The number of likely N-dealkylation sites (tertiary alicyclic amines) is 1. The fourth-order valence-electron chi connectivity index (χ4n) is 2.73. The summed E-state index contributed by atoms with van der Waals surface area (Å²) in [7, 11) is 5.14. The predicted octanol–water partition coefficient (Wildman–Crippen LogP) is 1.33. The van der Waals surface area contributed by atoms with Gasteiger partial charge in [-0.3, -0.25) is 9.69 Å². The topological polar surface area (TPSA) is 62.8 Å². The van der Waals surface area contributed by atoms with E-state index in [9.17, 15) is 4.79 Å². The van der Waals surface area contributed by atoms with E-state index in [1.807, 2.05) is 7.05 Å². The highest BCUT2D eigenvalue weighted by Gasteiger charge is 2.20. The van der Waals surface area contributed by atoms with Crippen molar-refractivity contribution in [3.63, 3.8) is 0 Å². The summed E-state index contributed by atoms with van der Waals surface area (Å²) < 4.78 is 10.4. The molecular weight excluding hydrogens is 282 g/mol. The summed E-state index contributed by atoms with van der Waals surface area (Å²) in [5.74, 6) is 1.27. The molecule has 6 heteroatoms. The van der Waals surface area contributed by atoms with Gasteiger partial charge in [0.1, 0.15) is 11.5 Å². The molecule has 1 atom stereocenters. The van der Waals surface area contributed by atoms with Crippen LogP contribution in [0.1, 0.15) is 12.8 Å². The zero-order chi connectivity index (χ0) is 15.9. The molecule has 1 saturated heterocycles. The van der Waals surface area contributed by atoms with Gasteiger partial charge in [0.2, 0.25) is 5.91 Å². The number of carbonyl (C=O) groups is 1. The average Bonchev–Trinajstić information content (AvgIpc) is 2.55. The summed E-state index contributed by atoms with van der Waals surface area (Å²) in [6.07, 6.45) is 2.28. The van der Waals surface area contributed by atoms with Crippen molar-refractivity contribution in [3.05, 3.63) is 18.2 Å². The van der Waals surface area contributed by atoms with Crippen molar-refractivity contribution in [2.45, 2.75) is 18.9 Å². The van der Waals surface area contributed by atoms with Crippen molar-refractivity contribution < 1.29 is 14.3 Å². The van der Waals surface area contributed by atoms with Gasteiger partial charge in [-0.05, 0) is 38.6 Å². The van der Waals surface area contributed by atoms with E-state index in [2.05, 4.69) is 15.5 Å². The lowest BCUT2D eigenvalue weighted by molar-refractivity contribution is -0.117. The Balaban J connectivity index is 1.94. The molecule has 22 heavy (non-hydrogen) atoms. The number of methoxy groups -OCH3 is 2. The van der Waals surface area contributed by atoms with Crippen LogP contribution in [0.4, 0.5) is 5.69 Å². The number of nitrogens with one attached hydrogen (secondary N) is 2. The number of piperidine rings is 1. The largest absolute Gasteiger partial charge is 0.497 e. The van der Waals surface area contributed by atoms with Gasteiger partial charge in [0.05, 0.1) is 26.5 Å². The second-order valence-electron chi connectivity index (χ2n) is 5.48. The lowest BCUT2D eigenvalue weighted by atomic mass is 10.1. The van der Waals surface area contributed by atoms with E-state index < -0.39 is 0 Å². The van der Waals surface area contributed by atoms with Crippen LogP contribution >= 0.6 is 0 Å². The van der Waals surface area contributed by atoms with E-state index >= 15 is 0 Å². The first-order valence-corrected chi connectivity index (χ1v) is 7.57. The van der Waals surface area contributed by atoms with Gasteiger partial charge in [-0.15, -0.1) is 0 Å². The standard InChI is InChI=1S/C16H25N3O3/c1-17-12-5-4-8-19(10-12)11-16(20)18-14-7-6-13(21-2)9-15(14)22-3/h6-7,9,12,17H,4-5,8,10-11H2,1-3H3,(H,18,20). The molecule has 0 spiro atoms. The van der Waals surface area contributed by atoms with Crippen LogP contribution in [0, 0.1) is 0 Å². The first-order valence-electron chi connectivity index (χ1n) is 7.57. The molecule has 0 aliphatic carbocycles. The number of carbonyl (C=O) groups excluding carboxylic acids is 1. The number of hydrogen-bond acceptors (Lipinski definition) is 5. The number of rotatable bonds is 6. The molecule has 0 bridgehead atoms. The van der Waals surface area contributed by atoms with E-state index in [4.69, 9.17) is 9.47 Å². The first kappa shape index (κ1) is 16.6. The molecule has 1 aromatic carbocycles. The average molecular weight is 307 g/mol. The van der Waals surface area contributed by atoms with Gasteiger partial charge in [0.25, 0.3) is 0 Å². The lowest BCUT2D eigenvalue weighted by Crippen LogP contribution is -2.46. The molecule has 1 fully saturated rings. The molecule has 1 aliphatic heterocycles. The summed E-state index contributed by atoms with van der Waals surface area (Å²) in [5, 5.41) is 6.19. The second kappa shape index (κ2) is 8.00. The van der Waals surface area contributed by atoms with Crippen LogP contribution in [0.25, 0.3) is 0 Å². The molecule has 1 amide bonds. The van der Waals surface area contributed by atoms with Crippen LogP contribution in [-0.4, -0.2) is 57.8 Å². The van der Waals surface area contributed by atoms with Crippen molar-refractivity contribution in [1.82, 2.24) is 10.2 Å². The summed E-state index contributed by atoms with van der Waals surface area (Å²) >= 11 is 0. The number of benzene rings is 1. The fourth-order valence-corrected chi connectivity index (χ4v) is 2.73. The van der Waals surface area contributed by atoms with Crippen LogP contribution in [-0.2, 0) is 4.79 Å². The Labute approximate surface area is 131 Å². The van der Waals surface area contributed by atoms with E-state index in [1.165, 1.54) is 6.42 Å². The molecule has 0 aromatic heterocycles. The van der Waals surface area contributed by atoms with Crippen LogP contribution in [0.3, 0.4) is 0 Å². The normalized spacial score (nSPS) is 18.8. The third kappa shape index (κ3) is 4.35. The number of anilines is 1. The third-order valence-electron chi connectivity index (χ3n) is 3.96. The number of ether oxygens (including phenoxy) is 2. The van der Waals surface area contributed by atoms with Crippen molar-refractivity contribution >= 4 is 11.6 Å². The van der Waals surface area contributed by atoms with E-state index in [0.717, 1.165) is 19.5 Å². The van der Waals surface area contributed by atoms with E-state index in [0.29, 0.717) is 29.8 Å². The quantitative estimate of drug-likeness (QED) is 0.830. The second-order valence-corrected chi connectivity index (χ2v) is 5.48. The highest BCUT2D eigenvalue weighted by atomic mass is 16.5. The fraction of sp³-hybridized carbons (Fsp3) is 0.562. The van der Waals surface area contributed by atoms with Crippen LogP contribution < -0.4 is 20.1 Å². The highest BCUT2D eigenvalue weighted by molar-refractivity contribution is 5.93. The molecule has 2 rings (SSSR count).